The van der Waals surface area contributed by atoms with Crippen LogP contribution in [0.2, 0.25) is 0 Å². The van der Waals surface area contributed by atoms with Gasteiger partial charge in [-0.05, 0) is 17.9 Å². The van der Waals surface area contributed by atoms with Gasteiger partial charge in [0.25, 0.3) is 0 Å². The van der Waals surface area contributed by atoms with Gasteiger partial charge in [0.05, 0.1) is 0 Å². The van der Waals surface area contributed by atoms with Crippen LogP contribution in [-0.4, -0.2) is 35.6 Å². The summed E-state index contributed by atoms with van der Waals surface area (Å²) in [6.45, 7) is 9.56. The molecular formula is C14H26N4S. The number of thioether (sulfide) groups is 1. The lowest BCUT2D eigenvalue weighted by molar-refractivity contribution is 0.546. The lowest BCUT2D eigenvalue weighted by atomic mass is 9.96. The summed E-state index contributed by atoms with van der Waals surface area (Å²) < 4.78 is 0. The highest BCUT2D eigenvalue weighted by Gasteiger charge is 2.19. The monoisotopic (exact) mass is 282 g/mol. The molecule has 0 aromatic carbocycles. The topological polar surface area (TPSA) is 49.8 Å². The normalized spacial score (nSPS) is 13.2. The molecular weight excluding hydrogens is 256 g/mol. The maximum Gasteiger partial charge on any atom is 0.138 e. The van der Waals surface area contributed by atoms with Gasteiger partial charge in [-0.25, -0.2) is 9.97 Å². The minimum Gasteiger partial charge on any atom is -0.373 e. The highest BCUT2D eigenvalue weighted by Crippen LogP contribution is 2.22. The zero-order chi connectivity index (χ0) is 14.5. The summed E-state index contributed by atoms with van der Waals surface area (Å²) in [7, 11) is 1.88. The first-order valence-corrected chi connectivity index (χ1v) is 8.06. The SMILES string of the molecule is CNc1cc(NCC(C)CSC)nc(C(C)(C)C)n1. The van der Waals surface area contributed by atoms with Crippen molar-refractivity contribution < 1.29 is 0 Å². The molecule has 0 radical (unpaired) electrons. The zero-order valence-corrected chi connectivity index (χ0v) is 13.7. The smallest absolute Gasteiger partial charge is 0.138 e. The van der Waals surface area contributed by atoms with Gasteiger partial charge < -0.3 is 10.6 Å². The van der Waals surface area contributed by atoms with Gasteiger partial charge in [-0.15, -0.1) is 0 Å². The summed E-state index contributed by atoms with van der Waals surface area (Å²) in [5.74, 6) is 4.40. The summed E-state index contributed by atoms with van der Waals surface area (Å²) in [6.07, 6.45) is 2.14. The number of rotatable bonds is 6. The fraction of sp³-hybridized carbons (Fsp3) is 0.714. The Morgan fingerprint density at radius 1 is 1.26 bits per heavy atom. The second-order valence-electron chi connectivity index (χ2n) is 5.90. The van der Waals surface area contributed by atoms with Crippen molar-refractivity contribution >= 4 is 23.4 Å². The second-order valence-corrected chi connectivity index (χ2v) is 6.81. The van der Waals surface area contributed by atoms with Gasteiger partial charge in [0, 0.05) is 25.1 Å². The van der Waals surface area contributed by atoms with Crippen molar-refractivity contribution in [2.75, 3.05) is 36.2 Å². The molecule has 0 aliphatic rings. The van der Waals surface area contributed by atoms with E-state index >= 15 is 0 Å². The molecule has 108 valence electrons. The Hall–Kier alpha value is -0.970. The molecule has 0 spiro atoms. The number of anilines is 2. The standard InChI is InChI=1S/C14H26N4S/c1-10(9-19-6)8-16-12-7-11(15-5)17-13(18-12)14(2,3)4/h7,10H,8-9H2,1-6H3,(H2,15,16,17,18). The molecule has 1 heterocycles. The van der Waals surface area contributed by atoms with Crippen LogP contribution in [0.15, 0.2) is 6.07 Å². The van der Waals surface area contributed by atoms with Crippen molar-refractivity contribution in [3.63, 3.8) is 0 Å². The molecule has 0 saturated carbocycles. The maximum atomic E-state index is 4.62. The molecule has 0 bridgehead atoms. The van der Waals surface area contributed by atoms with Gasteiger partial charge in [0.1, 0.15) is 17.5 Å². The lowest BCUT2D eigenvalue weighted by Gasteiger charge is -2.19. The molecule has 4 nitrogen and oxygen atoms in total. The van der Waals surface area contributed by atoms with Crippen molar-refractivity contribution in [2.45, 2.75) is 33.1 Å². The van der Waals surface area contributed by atoms with E-state index < -0.39 is 0 Å². The second kappa shape index (κ2) is 6.98. The Kier molecular flexibility index (Phi) is 5.91. The van der Waals surface area contributed by atoms with Gasteiger partial charge in [0.15, 0.2) is 0 Å². The highest BCUT2D eigenvalue weighted by molar-refractivity contribution is 7.98. The molecule has 1 rings (SSSR count). The van der Waals surface area contributed by atoms with E-state index in [1.54, 1.807) is 0 Å². The van der Waals surface area contributed by atoms with Gasteiger partial charge in [0.2, 0.25) is 0 Å². The van der Waals surface area contributed by atoms with Crippen LogP contribution in [-0.2, 0) is 5.41 Å². The van der Waals surface area contributed by atoms with Crippen molar-refractivity contribution in [1.29, 1.82) is 0 Å². The van der Waals surface area contributed by atoms with Crippen LogP contribution in [0.4, 0.5) is 11.6 Å². The molecule has 0 aliphatic heterocycles. The summed E-state index contributed by atoms with van der Waals surface area (Å²) in [6, 6.07) is 1.96. The average molecular weight is 282 g/mol. The van der Waals surface area contributed by atoms with Crippen molar-refractivity contribution in [1.82, 2.24) is 9.97 Å². The first-order valence-electron chi connectivity index (χ1n) is 6.67. The molecule has 1 atom stereocenters. The first-order chi connectivity index (χ1) is 8.86. The summed E-state index contributed by atoms with van der Waals surface area (Å²) in [5, 5.41) is 6.51. The quantitative estimate of drug-likeness (QED) is 0.839. The number of nitrogens with zero attached hydrogens (tertiary/aromatic N) is 2. The van der Waals surface area contributed by atoms with E-state index in [1.165, 1.54) is 0 Å². The van der Waals surface area contributed by atoms with Gasteiger partial charge in [-0.1, -0.05) is 27.7 Å². The predicted molar refractivity (Wildman–Crippen MR) is 86.3 cm³/mol. The third-order valence-electron chi connectivity index (χ3n) is 2.74. The third kappa shape index (κ3) is 5.27. The van der Waals surface area contributed by atoms with Crippen LogP contribution in [0.25, 0.3) is 0 Å². The number of hydrogen-bond acceptors (Lipinski definition) is 5. The molecule has 0 amide bonds. The number of aromatic nitrogens is 2. The Morgan fingerprint density at radius 2 is 1.89 bits per heavy atom. The number of hydrogen-bond donors (Lipinski definition) is 2. The Morgan fingerprint density at radius 3 is 2.42 bits per heavy atom. The van der Waals surface area contributed by atoms with Crippen molar-refractivity contribution in [3.05, 3.63) is 11.9 Å². The third-order valence-corrected chi connectivity index (χ3v) is 3.64. The van der Waals surface area contributed by atoms with Crippen LogP contribution in [0.5, 0.6) is 0 Å². The van der Waals surface area contributed by atoms with E-state index in [-0.39, 0.29) is 5.41 Å². The van der Waals surface area contributed by atoms with Crippen LogP contribution in [0, 0.1) is 5.92 Å². The molecule has 19 heavy (non-hydrogen) atoms. The average Bonchev–Trinajstić information content (AvgIpc) is 2.35. The van der Waals surface area contributed by atoms with Crippen LogP contribution in [0.3, 0.4) is 0 Å². The highest BCUT2D eigenvalue weighted by atomic mass is 32.2. The fourth-order valence-electron chi connectivity index (χ4n) is 1.62. The van der Waals surface area contributed by atoms with Crippen LogP contribution >= 0.6 is 11.8 Å². The molecule has 2 N–H and O–H groups in total. The van der Waals surface area contributed by atoms with E-state index in [9.17, 15) is 0 Å². The summed E-state index contributed by atoms with van der Waals surface area (Å²) in [4.78, 5) is 9.14. The minimum absolute atomic E-state index is 0.0474. The van der Waals surface area contributed by atoms with E-state index in [1.807, 2.05) is 24.9 Å². The van der Waals surface area contributed by atoms with Crippen LogP contribution in [0.1, 0.15) is 33.5 Å². The fourth-order valence-corrected chi connectivity index (χ4v) is 2.31. The molecule has 0 saturated heterocycles. The molecule has 0 fully saturated rings. The molecule has 1 aromatic rings. The van der Waals surface area contributed by atoms with Crippen molar-refractivity contribution in [3.8, 4) is 0 Å². The maximum absolute atomic E-state index is 4.62. The Bertz CT molecular complexity index is 401. The van der Waals surface area contributed by atoms with Gasteiger partial charge >= 0.3 is 0 Å². The van der Waals surface area contributed by atoms with Crippen molar-refractivity contribution in [2.24, 2.45) is 5.92 Å². The van der Waals surface area contributed by atoms with E-state index in [0.717, 1.165) is 29.8 Å². The molecule has 0 aliphatic carbocycles. The van der Waals surface area contributed by atoms with Gasteiger partial charge in [-0.3, -0.25) is 0 Å². The van der Waals surface area contributed by atoms with Crippen LogP contribution < -0.4 is 10.6 Å². The molecule has 1 unspecified atom stereocenters. The number of nitrogens with one attached hydrogen (secondary N) is 2. The molecule has 5 heteroatoms. The Balaban J connectivity index is 2.83. The summed E-state index contributed by atoms with van der Waals surface area (Å²) >= 11 is 1.87. The Labute approximate surface area is 121 Å². The first kappa shape index (κ1) is 16.1. The lowest BCUT2D eigenvalue weighted by Crippen LogP contribution is -2.20. The van der Waals surface area contributed by atoms with E-state index in [4.69, 9.17) is 0 Å². The van der Waals surface area contributed by atoms with E-state index in [0.29, 0.717) is 5.92 Å². The van der Waals surface area contributed by atoms with E-state index in [2.05, 4.69) is 54.6 Å². The largest absolute Gasteiger partial charge is 0.373 e. The predicted octanol–water partition coefficient (Wildman–Crippen LogP) is 3.23. The minimum atomic E-state index is -0.0474. The zero-order valence-electron chi connectivity index (χ0n) is 12.9. The summed E-state index contributed by atoms with van der Waals surface area (Å²) in [5.41, 5.74) is -0.0474. The molecule has 1 aromatic heterocycles. The van der Waals surface area contributed by atoms with Gasteiger partial charge in [-0.2, -0.15) is 11.8 Å².